The predicted octanol–water partition coefficient (Wildman–Crippen LogP) is 2.24. The van der Waals surface area contributed by atoms with Crippen molar-refractivity contribution in [3.05, 3.63) is 16.1 Å². The molecule has 0 bridgehead atoms. The fourth-order valence-electron chi connectivity index (χ4n) is 3.32. The van der Waals surface area contributed by atoms with E-state index in [1.807, 2.05) is 6.92 Å². The largest absolute Gasteiger partial charge is 0.354 e. The number of nitrogens with one attached hydrogen (secondary N) is 1. The van der Waals surface area contributed by atoms with Gasteiger partial charge in [0.05, 0.1) is 23.8 Å². The van der Waals surface area contributed by atoms with Crippen molar-refractivity contribution in [1.29, 1.82) is 0 Å². The summed E-state index contributed by atoms with van der Waals surface area (Å²) in [5.41, 5.74) is 2.74. The molecule has 0 spiro atoms. The highest BCUT2D eigenvalue weighted by molar-refractivity contribution is 7.09. The Morgan fingerprint density at radius 1 is 1.46 bits per heavy atom. The maximum atomic E-state index is 13.8. The number of hydrogen-bond acceptors (Lipinski definition) is 4. The molecule has 2 heterocycles. The third kappa shape index (κ3) is 3.94. The average molecular weight is 353 g/mol. The SMILES string of the molecule is Cc1ncsc1CCC(=O)N1C[C@@H](F)C[C@H]1CNC(=O)C1CCC1. The second kappa shape index (κ2) is 7.59. The molecule has 2 aliphatic rings. The molecular weight excluding hydrogens is 329 g/mol. The van der Waals surface area contributed by atoms with Crippen LogP contribution in [0.4, 0.5) is 4.39 Å². The Bertz CT molecular complexity index is 602. The van der Waals surface area contributed by atoms with Gasteiger partial charge in [0.1, 0.15) is 6.17 Å². The fourth-order valence-corrected chi connectivity index (χ4v) is 4.10. The number of aryl methyl sites for hydroxylation is 2. The molecular formula is C17H24FN3O2S. The van der Waals surface area contributed by atoms with E-state index in [0.29, 0.717) is 25.8 Å². The summed E-state index contributed by atoms with van der Waals surface area (Å²) in [5, 5.41) is 2.90. The van der Waals surface area contributed by atoms with E-state index < -0.39 is 6.17 Å². The number of hydrogen-bond donors (Lipinski definition) is 1. The number of aromatic nitrogens is 1. The monoisotopic (exact) mass is 353 g/mol. The van der Waals surface area contributed by atoms with E-state index in [9.17, 15) is 14.0 Å². The zero-order valence-corrected chi connectivity index (χ0v) is 14.8. The van der Waals surface area contributed by atoms with Crippen molar-refractivity contribution >= 4 is 23.2 Å². The second-order valence-electron chi connectivity index (χ2n) is 6.77. The van der Waals surface area contributed by atoms with E-state index in [2.05, 4.69) is 10.3 Å². The van der Waals surface area contributed by atoms with Crippen molar-refractivity contribution in [3.63, 3.8) is 0 Å². The van der Waals surface area contributed by atoms with Gasteiger partial charge in [-0.05, 0) is 26.2 Å². The van der Waals surface area contributed by atoms with E-state index in [1.165, 1.54) is 0 Å². The average Bonchev–Trinajstić information content (AvgIpc) is 3.06. The van der Waals surface area contributed by atoms with Crippen LogP contribution in [0, 0.1) is 12.8 Å². The Labute approximate surface area is 145 Å². The Morgan fingerprint density at radius 3 is 2.88 bits per heavy atom. The number of alkyl halides is 1. The molecule has 2 atom stereocenters. The van der Waals surface area contributed by atoms with Gasteiger partial charge in [-0.25, -0.2) is 9.37 Å². The molecule has 1 aromatic heterocycles. The maximum Gasteiger partial charge on any atom is 0.223 e. The highest BCUT2D eigenvalue weighted by atomic mass is 32.1. The highest BCUT2D eigenvalue weighted by Gasteiger charge is 2.36. The molecule has 0 unspecified atom stereocenters. The van der Waals surface area contributed by atoms with Crippen molar-refractivity contribution in [2.24, 2.45) is 5.92 Å². The van der Waals surface area contributed by atoms with Crippen LogP contribution < -0.4 is 5.32 Å². The van der Waals surface area contributed by atoms with Gasteiger partial charge in [0.25, 0.3) is 0 Å². The molecule has 3 rings (SSSR count). The first kappa shape index (κ1) is 17.3. The summed E-state index contributed by atoms with van der Waals surface area (Å²) < 4.78 is 13.8. The van der Waals surface area contributed by atoms with Gasteiger partial charge in [-0.15, -0.1) is 11.3 Å². The molecule has 1 saturated carbocycles. The third-order valence-electron chi connectivity index (χ3n) is 5.08. The van der Waals surface area contributed by atoms with Crippen LogP contribution in [0.5, 0.6) is 0 Å². The smallest absolute Gasteiger partial charge is 0.223 e. The number of rotatable bonds is 6. The summed E-state index contributed by atoms with van der Waals surface area (Å²) in [5.74, 6) is 0.133. The molecule has 1 N–H and O–H groups in total. The number of carbonyl (C=O) groups is 2. The first-order valence-electron chi connectivity index (χ1n) is 8.64. The molecule has 1 saturated heterocycles. The van der Waals surface area contributed by atoms with Crippen LogP contribution in [-0.2, 0) is 16.0 Å². The van der Waals surface area contributed by atoms with Gasteiger partial charge in [0, 0.05) is 30.2 Å². The van der Waals surface area contributed by atoms with Crippen LogP contribution in [-0.4, -0.2) is 47.0 Å². The lowest BCUT2D eigenvalue weighted by Crippen LogP contribution is -2.45. The summed E-state index contributed by atoms with van der Waals surface area (Å²) in [6.07, 6.45) is 3.32. The van der Waals surface area contributed by atoms with Crippen LogP contribution >= 0.6 is 11.3 Å². The Morgan fingerprint density at radius 2 is 2.25 bits per heavy atom. The van der Waals surface area contributed by atoms with Gasteiger partial charge in [-0.2, -0.15) is 0 Å². The number of nitrogens with zero attached hydrogens (tertiary/aromatic N) is 2. The quantitative estimate of drug-likeness (QED) is 0.853. The Kier molecular flexibility index (Phi) is 5.48. The van der Waals surface area contributed by atoms with Gasteiger partial charge in [0.2, 0.25) is 11.8 Å². The van der Waals surface area contributed by atoms with Gasteiger partial charge in [0.15, 0.2) is 0 Å². The van der Waals surface area contributed by atoms with Crippen molar-refractivity contribution in [1.82, 2.24) is 15.2 Å². The number of likely N-dealkylation sites (tertiary alicyclic amines) is 1. The summed E-state index contributed by atoms with van der Waals surface area (Å²) in [7, 11) is 0. The first-order valence-corrected chi connectivity index (χ1v) is 9.52. The standard InChI is InChI=1S/C17H24FN3O2S/c1-11-15(24-10-20-11)5-6-16(22)21-9-13(18)7-14(21)8-19-17(23)12-3-2-4-12/h10,12-14H,2-9H2,1H3,(H,19,23)/t13-,14-/m0/s1. The number of amides is 2. The molecule has 1 aliphatic carbocycles. The van der Waals surface area contributed by atoms with Crippen LogP contribution in [0.2, 0.25) is 0 Å². The third-order valence-corrected chi connectivity index (χ3v) is 6.08. The molecule has 7 heteroatoms. The summed E-state index contributed by atoms with van der Waals surface area (Å²) in [6, 6.07) is -0.223. The molecule has 132 valence electrons. The van der Waals surface area contributed by atoms with Crippen molar-refractivity contribution < 1.29 is 14.0 Å². The first-order chi connectivity index (χ1) is 11.5. The van der Waals surface area contributed by atoms with E-state index in [4.69, 9.17) is 0 Å². The molecule has 5 nitrogen and oxygen atoms in total. The Balaban J connectivity index is 1.50. The van der Waals surface area contributed by atoms with Crippen LogP contribution in [0.3, 0.4) is 0 Å². The van der Waals surface area contributed by atoms with E-state index >= 15 is 0 Å². The summed E-state index contributed by atoms with van der Waals surface area (Å²) >= 11 is 1.55. The minimum absolute atomic E-state index is 0.0363. The minimum atomic E-state index is -0.996. The topological polar surface area (TPSA) is 62.3 Å². The van der Waals surface area contributed by atoms with Gasteiger partial charge >= 0.3 is 0 Å². The van der Waals surface area contributed by atoms with Crippen molar-refractivity contribution in [2.45, 2.75) is 57.7 Å². The molecule has 2 fully saturated rings. The van der Waals surface area contributed by atoms with Gasteiger partial charge in [-0.1, -0.05) is 6.42 Å². The lowest BCUT2D eigenvalue weighted by atomic mass is 9.85. The van der Waals surface area contributed by atoms with E-state index in [1.54, 1.807) is 21.7 Å². The predicted molar refractivity (Wildman–Crippen MR) is 90.5 cm³/mol. The molecule has 1 aromatic rings. The molecule has 0 radical (unpaired) electrons. The summed E-state index contributed by atoms with van der Waals surface area (Å²) in [4.78, 5) is 31.3. The minimum Gasteiger partial charge on any atom is -0.354 e. The second-order valence-corrected chi connectivity index (χ2v) is 7.71. The lowest BCUT2D eigenvalue weighted by Gasteiger charge is -2.28. The van der Waals surface area contributed by atoms with E-state index in [0.717, 1.165) is 29.8 Å². The highest BCUT2D eigenvalue weighted by Crippen LogP contribution is 2.27. The van der Waals surface area contributed by atoms with Gasteiger partial charge in [-0.3, -0.25) is 9.59 Å². The maximum absolute atomic E-state index is 13.8. The fraction of sp³-hybridized carbons (Fsp3) is 0.706. The number of thiazole rings is 1. The van der Waals surface area contributed by atoms with E-state index in [-0.39, 0.29) is 30.3 Å². The summed E-state index contributed by atoms with van der Waals surface area (Å²) in [6.45, 7) is 2.44. The van der Waals surface area contributed by atoms with Crippen LogP contribution in [0.15, 0.2) is 5.51 Å². The molecule has 1 aliphatic heterocycles. The Hall–Kier alpha value is -1.50. The lowest BCUT2D eigenvalue weighted by molar-refractivity contribution is -0.133. The molecule has 24 heavy (non-hydrogen) atoms. The van der Waals surface area contributed by atoms with Crippen LogP contribution in [0.1, 0.15) is 42.7 Å². The number of carbonyl (C=O) groups excluding carboxylic acids is 2. The zero-order valence-electron chi connectivity index (χ0n) is 14.0. The van der Waals surface area contributed by atoms with Crippen molar-refractivity contribution in [3.8, 4) is 0 Å². The van der Waals surface area contributed by atoms with Crippen molar-refractivity contribution in [2.75, 3.05) is 13.1 Å². The molecule has 2 amide bonds. The number of halogens is 1. The van der Waals surface area contributed by atoms with Crippen LogP contribution in [0.25, 0.3) is 0 Å². The molecule has 0 aromatic carbocycles. The van der Waals surface area contributed by atoms with Gasteiger partial charge < -0.3 is 10.2 Å². The zero-order chi connectivity index (χ0) is 17.1. The normalized spacial score (nSPS) is 24.0.